The number of ketones is 1. The second-order valence-electron chi connectivity index (χ2n) is 4.60. The van der Waals surface area contributed by atoms with E-state index in [4.69, 9.17) is 4.18 Å². The monoisotopic (exact) mass is 268 g/mol. The average Bonchev–Trinajstić information content (AvgIpc) is 2.32. The number of benzene rings is 1. The summed E-state index contributed by atoms with van der Waals surface area (Å²) in [5, 5.41) is 0. The maximum Gasteiger partial charge on any atom is 0.297 e. The van der Waals surface area contributed by atoms with Gasteiger partial charge in [-0.15, -0.1) is 0 Å². The van der Waals surface area contributed by atoms with E-state index in [0.717, 1.165) is 5.56 Å². The van der Waals surface area contributed by atoms with Crippen LogP contribution in [0.4, 0.5) is 0 Å². The van der Waals surface area contributed by atoms with Gasteiger partial charge in [0.15, 0.2) is 0 Å². The van der Waals surface area contributed by atoms with E-state index in [1.54, 1.807) is 24.3 Å². The van der Waals surface area contributed by atoms with E-state index in [-0.39, 0.29) is 16.8 Å². The Morgan fingerprint density at radius 1 is 1.11 bits per heavy atom. The van der Waals surface area contributed by atoms with E-state index >= 15 is 0 Å². The second-order valence-corrected chi connectivity index (χ2v) is 6.17. The predicted molar refractivity (Wildman–Crippen MR) is 66.7 cm³/mol. The Kier molecular flexibility index (Phi) is 3.82. The molecule has 0 aromatic heterocycles. The van der Waals surface area contributed by atoms with Crippen LogP contribution in [0.1, 0.15) is 31.2 Å². The Hall–Kier alpha value is -1.20. The minimum Gasteiger partial charge on any atom is -0.300 e. The summed E-state index contributed by atoms with van der Waals surface area (Å²) >= 11 is 0. The maximum atomic E-state index is 12.0. The Labute approximate surface area is 107 Å². The van der Waals surface area contributed by atoms with Crippen molar-refractivity contribution >= 4 is 15.9 Å². The lowest BCUT2D eigenvalue weighted by atomic mass is 9.97. The highest BCUT2D eigenvalue weighted by atomic mass is 32.2. The number of carbonyl (C=O) groups excluding carboxylic acids is 1. The van der Waals surface area contributed by atoms with Gasteiger partial charge in [0.05, 0.1) is 11.0 Å². The van der Waals surface area contributed by atoms with Crippen LogP contribution in [0.25, 0.3) is 0 Å². The first-order chi connectivity index (χ1) is 8.47. The van der Waals surface area contributed by atoms with Crippen LogP contribution in [-0.4, -0.2) is 20.3 Å². The fraction of sp³-hybridized carbons (Fsp3) is 0.462. The molecule has 0 amide bonds. The van der Waals surface area contributed by atoms with Crippen molar-refractivity contribution in [2.24, 2.45) is 0 Å². The summed E-state index contributed by atoms with van der Waals surface area (Å²) in [4.78, 5) is 11.2. The van der Waals surface area contributed by atoms with E-state index in [1.165, 1.54) is 0 Å². The molecule has 2 rings (SSSR count). The van der Waals surface area contributed by atoms with Gasteiger partial charge in [0.1, 0.15) is 5.78 Å². The summed E-state index contributed by atoms with van der Waals surface area (Å²) in [7, 11) is -3.71. The van der Waals surface area contributed by atoms with E-state index in [2.05, 4.69) is 0 Å². The minimum atomic E-state index is -3.71. The third-order valence-corrected chi connectivity index (χ3v) is 4.44. The normalized spacial score (nSPS) is 17.9. The largest absolute Gasteiger partial charge is 0.300 e. The molecule has 5 heteroatoms. The van der Waals surface area contributed by atoms with Crippen molar-refractivity contribution in [3.05, 3.63) is 29.8 Å². The van der Waals surface area contributed by atoms with Gasteiger partial charge in [0.2, 0.25) is 0 Å². The molecule has 1 aliphatic carbocycles. The molecule has 0 atom stereocenters. The molecule has 0 unspecified atom stereocenters. The van der Waals surface area contributed by atoms with Crippen LogP contribution in [0.15, 0.2) is 29.2 Å². The molecule has 0 bridgehead atoms. The smallest absolute Gasteiger partial charge is 0.297 e. The molecule has 0 heterocycles. The first-order valence-electron chi connectivity index (χ1n) is 5.99. The van der Waals surface area contributed by atoms with Crippen LogP contribution in [0.5, 0.6) is 0 Å². The van der Waals surface area contributed by atoms with Crippen LogP contribution in [0, 0.1) is 6.92 Å². The van der Waals surface area contributed by atoms with Gasteiger partial charge in [-0.1, -0.05) is 17.7 Å². The Balaban J connectivity index is 2.07. The van der Waals surface area contributed by atoms with Crippen molar-refractivity contribution in [3.8, 4) is 0 Å². The van der Waals surface area contributed by atoms with Crippen molar-refractivity contribution in [2.75, 3.05) is 0 Å². The molecule has 1 fully saturated rings. The lowest BCUT2D eigenvalue weighted by molar-refractivity contribution is -0.121. The molecule has 4 nitrogen and oxygen atoms in total. The topological polar surface area (TPSA) is 60.4 Å². The zero-order valence-electron chi connectivity index (χ0n) is 10.3. The first-order valence-corrected chi connectivity index (χ1v) is 7.40. The number of hydrogen-bond acceptors (Lipinski definition) is 4. The molecule has 0 aliphatic heterocycles. The van der Waals surface area contributed by atoms with E-state index in [0.29, 0.717) is 25.7 Å². The molecular weight excluding hydrogens is 252 g/mol. The number of Topliss-reactive ketones (excluding diaryl/α,β-unsaturated/α-hetero) is 1. The van der Waals surface area contributed by atoms with E-state index < -0.39 is 10.1 Å². The Morgan fingerprint density at radius 3 is 2.22 bits per heavy atom. The summed E-state index contributed by atoms with van der Waals surface area (Å²) < 4.78 is 29.1. The summed E-state index contributed by atoms with van der Waals surface area (Å²) in [6, 6.07) is 6.55. The van der Waals surface area contributed by atoms with Gasteiger partial charge in [0, 0.05) is 12.8 Å². The van der Waals surface area contributed by atoms with Crippen molar-refractivity contribution in [1.29, 1.82) is 0 Å². The average molecular weight is 268 g/mol. The zero-order valence-corrected chi connectivity index (χ0v) is 11.1. The molecule has 18 heavy (non-hydrogen) atoms. The molecule has 1 aromatic rings. The van der Waals surface area contributed by atoms with E-state index in [9.17, 15) is 13.2 Å². The SMILES string of the molecule is Cc1ccc(S(=O)(=O)OC2CCC(=O)CC2)cc1. The highest BCUT2D eigenvalue weighted by molar-refractivity contribution is 7.86. The third kappa shape index (κ3) is 3.17. The second kappa shape index (κ2) is 5.20. The fourth-order valence-corrected chi connectivity index (χ4v) is 3.08. The van der Waals surface area contributed by atoms with Gasteiger partial charge >= 0.3 is 0 Å². The van der Waals surface area contributed by atoms with Gasteiger partial charge in [-0.25, -0.2) is 0 Å². The summed E-state index contributed by atoms with van der Waals surface area (Å²) in [5.41, 5.74) is 0.997. The molecule has 0 saturated heterocycles. The van der Waals surface area contributed by atoms with Crippen molar-refractivity contribution in [2.45, 2.75) is 43.6 Å². The molecule has 1 aliphatic rings. The first kappa shape index (κ1) is 13.2. The van der Waals surface area contributed by atoms with Gasteiger partial charge in [0.25, 0.3) is 10.1 Å². The highest BCUT2D eigenvalue weighted by Crippen LogP contribution is 2.23. The highest BCUT2D eigenvalue weighted by Gasteiger charge is 2.25. The van der Waals surface area contributed by atoms with Gasteiger partial charge in [-0.05, 0) is 31.9 Å². The molecule has 0 radical (unpaired) electrons. The number of carbonyl (C=O) groups is 1. The number of rotatable bonds is 3. The van der Waals surface area contributed by atoms with Crippen LogP contribution in [-0.2, 0) is 19.1 Å². The Bertz CT molecular complexity index is 521. The molecular formula is C13H16O4S. The summed E-state index contributed by atoms with van der Waals surface area (Å²) in [6.45, 7) is 1.89. The Morgan fingerprint density at radius 2 is 1.67 bits per heavy atom. The maximum absolute atomic E-state index is 12.0. The molecule has 1 aromatic carbocycles. The quantitative estimate of drug-likeness (QED) is 0.789. The number of aryl methyl sites for hydroxylation is 1. The van der Waals surface area contributed by atoms with Crippen LogP contribution >= 0.6 is 0 Å². The van der Waals surface area contributed by atoms with E-state index in [1.807, 2.05) is 6.92 Å². The van der Waals surface area contributed by atoms with Gasteiger partial charge in [-0.3, -0.25) is 8.98 Å². The van der Waals surface area contributed by atoms with Crippen molar-refractivity contribution < 1.29 is 17.4 Å². The summed E-state index contributed by atoms with van der Waals surface area (Å²) in [6.07, 6.45) is 1.43. The van der Waals surface area contributed by atoms with Gasteiger partial charge < -0.3 is 0 Å². The lowest BCUT2D eigenvalue weighted by Crippen LogP contribution is -2.24. The minimum absolute atomic E-state index is 0.171. The van der Waals surface area contributed by atoms with Crippen molar-refractivity contribution in [3.63, 3.8) is 0 Å². The van der Waals surface area contributed by atoms with Gasteiger partial charge in [-0.2, -0.15) is 8.42 Å². The fourth-order valence-electron chi connectivity index (χ4n) is 1.95. The molecule has 0 N–H and O–H groups in total. The van der Waals surface area contributed by atoms with Crippen LogP contribution in [0.3, 0.4) is 0 Å². The predicted octanol–water partition coefficient (Wildman–Crippen LogP) is 2.21. The van der Waals surface area contributed by atoms with Crippen LogP contribution in [0.2, 0.25) is 0 Å². The van der Waals surface area contributed by atoms with Crippen molar-refractivity contribution in [1.82, 2.24) is 0 Å². The zero-order chi connectivity index (χ0) is 13.2. The summed E-state index contributed by atoms with van der Waals surface area (Å²) in [5.74, 6) is 0.183. The molecule has 98 valence electrons. The lowest BCUT2D eigenvalue weighted by Gasteiger charge is -2.20. The van der Waals surface area contributed by atoms with Crippen LogP contribution < -0.4 is 0 Å². The third-order valence-electron chi connectivity index (χ3n) is 3.06. The standard InChI is InChI=1S/C13H16O4S/c1-10-2-8-13(9-3-10)18(15,16)17-12-6-4-11(14)5-7-12/h2-3,8-9,12H,4-7H2,1H3. The molecule has 0 spiro atoms. The number of hydrogen-bond donors (Lipinski definition) is 0. The molecule has 1 saturated carbocycles.